The maximum Gasteiger partial charge on any atom is 0.264 e. The molecule has 1 atom stereocenters. The van der Waals surface area contributed by atoms with Crippen LogP contribution in [0.15, 0.2) is 46.3 Å². The first-order valence-corrected chi connectivity index (χ1v) is 11.8. The van der Waals surface area contributed by atoms with E-state index in [2.05, 4.69) is 74.1 Å². The molecule has 4 rings (SSSR count). The van der Waals surface area contributed by atoms with Crippen LogP contribution in [0.2, 0.25) is 0 Å². The summed E-state index contributed by atoms with van der Waals surface area (Å²) in [4.78, 5) is 20.4. The smallest absolute Gasteiger partial charge is 0.264 e. The fraction of sp³-hybridized carbons (Fsp3) is 0.385. The lowest BCUT2D eigenvalue weighted by molar-refractivity contribution is -0.115. The van der Waals surface area contributed by atoms with Gasteiger partial charge in [-0.25, -0.2) is 4.99 Å². The van der Waals surface area contributed by atoms with E-state index < -0.39 is 0 Å². The van der Waals surface area contributed by atoms with Crippen molar-refractivity contribution in [2.75, 3.05) is 11.4 Å². The summed E-state index contributed by atoms with van der Waals surface area (Å²) >= 11 is 1.40. The molecule has 0 bridgehead atoms. The van der Waals surface area contributed by atoms with Gasteiger partial charge in [-0.15, -0.1) is 0 Å². The molecule has 0 aromatic heterocycles. The minimum absolute atomic E-state index is 0.0874. The summed E-state index contributed by atoms with van der Waals surface area (Å²) in [5, 5.41) is 3.54. The zero-order valence-electron chi connectivity index (χ0n) is 19.2. The Labute approximate surface area is 189 Å². The summed E-state index contributed by atoms with van der Waals surface area (Å²) in [6, 6.07) is 12.7. The van der Waals surface area contributed by atoms with Crippen LogP contribution in [0.4, 0.5) is 11.4 Å². The third kappa shape index (κ3) is 4.29. The number of carbonyl (C=O) groups excluding carboxylic acids is 1. The molecule has 1 amide bonds. The molecule has 2 aromatic rings. The summed E-state index contributed by atoms with van der Waals surface area (Å²) in [7, 11) is 0. The predicted molar refractivity (Wildman–Crippen MR) is 133 cm³/mol. The molecule has 0 spiro atoms. The highest BCUT2D eigenvalue weighted by Crippen LogP contribution is 2.43. The molecule has 1 N–H and O–H groups in total. The Morgan fingerprint density at radius 3 is 2.71 bits per heavy atom. The number of aryl methyl sites for hydroxylation is 2. The van der Waals surface area contributed by atoms with Crippen LogP contribution in [0, 0.1) is 13.8 Å². The molecule has 31 heavy (non-hydrogen) atoms. The average Bonchev–Trinajstić information content (AvgIpc) is 3.03. The molecular formula is C26H31N3OS. The molecule has 0 saturated carbocycles. The number of nitrogens with one attached hydrogen (secondary N) is 1. The van der Waals surface area contributed by atoms with Gasteiger partial charge in [0.05, 0.1) is 10.6 Å². The van der Waals surface area contributed by atoms with Gasteiger partial charge in [-0.1, -0.05) is 30.7 Å². The summed E-state index contributed by atoms with van der Waals surface area (Å²) in [6.45, 7) is 14.3. The normalized spacial score (nSPS) is 22.7. The van der Waals surface area contributed by atoms with Crippen LogP contribution in [0.5, 0.6) is 0 Å². The quantitative estimate of drug-likeness (QED) is 0.577. The third-order valence-electron chi connectivity index (χ3n) is 6.25. The highest BCUT2D eigenvalue weighted by molar-refractivity contribution is 8.18. The van der Waals surface area contributed by atoms with Crippen LogP contribution < -0.4 is 10.2 Å². The van der Waals surface area contributed by atoms with E-state index in [1.807, 2.05) is 25.1 Å². The second-order valence-electron chi connectivity index (χ2n) is 9.25. The molecule has 2 aliphatic heterocycles. The first-order valence-electron chi connectivity index (χ1n) is 11.0. The second-order valence-corrected chi connectivity index (χ2v) is 10.3. The van der Waals surface area contributed by atoms with E-state index in [4.69, 9.17) is 0 Å². The molecule has 2 aromatic carbocycles. The minimum atomic E-state index is -0.0874. The zero-order valence-corrected chi connectivity index (χ0v) is 20.1. The first kappa shape index (κ1) is 21.7. The Morgan fingerprint density at radius 1 is 1.23 bits per heavy atom. The van der Waals surface area contributed by atoms with Crippen molar-refractivity contribution in [3.8, 4) is 0 Å². The summed E-state index contributed by atoms with van der Waals surface area (Å²) in [6.07, 6.45) is 3.10. The van der Waals surface area contributed by atoms with Crippen LogP contribution in [-0.4, -0.2) is 23.2 Å². The van der Waals surface area contributed by atoms with E-state index in [0.29, 0.717) is 16.0 Å². The highest BCUT2D eigenvalue weighted by atomic mass is 32.2. The van der Waals surface area contributed by atoms with E-state index >= 15 is 0 Å². The number of hydrogen-bond acceptors (Lipinski definition) is 4. The van der Waals surface area contributed by atoms with Gasteiger partial charge in [0.2, 0.25) is 0 Å². The number of thioether (sulfide) groups is 1. The number of amidine groups is 1. The van der Waals surface area contributed by atoms with E-state index in [0.717, 1.165) is 29.8 Å². The van der Waals surface area contributed by atoms with Crippen LogP contribution in [0.25, 0.3) is 6.08 Å². The van der Waals surface area contributed by atoms with Crippen LogP contribution >= 0.6 is 11.8 Å². The van der Waals surface area contributed by atoms with E-state index in [1.54, 1.807) is 0 Å². The number of anilines is 1. The summed E-state index contributed by atoms with van der Waals surface area (Å²) in [5.41, 5.74) is 7.09. The Balaban J connectivity index is 1.62. The largest absolute Gasteiger partial charge is 0.366 e. The molecule has 1 saturated heterocycles. The van der Waals surface area contributed by atoms with E-state index in [9.17, 15) is 4.79 Å². The van der Waals surface area contributed by atoms with Crippen molar-refractivity contribution in [2.45, 2.75) is 59.4 Å². The number of nitrogens with zero attached hydrogens (tertiary/aromatic N) is 2. The number of amides is 1. The Bertz CT molecular complexity index is 1100. The Kier molecular flexibility index (Phi) is 5.73. The highest BCUT2D eigenvalue weighted by Gasteiger charge is 2.35. The molecule has 1 fully saturated rings. The van der Waals surface area contributed by atoms with Crippen molar-refractivity contribution >= 4 is 40.3 Å². The molecule has 4 nitrogen and oxygen atoms in total. The molecule has 2 aliphatic rings. The van der Waals surface area contributed by atoms with Gasteiger partial charge < -0.3 is 10.2 Å². The number of fused-ring (bicyclic) bond motifs is 1. The van der Waals surface area contributed by atoms with Gasteiger partial charge in [0, 0.05) is 17.8 Å². The number of rotatable bonds is 3. The molecule has 0 radical (unpaired) electrons. The van der Waals surface area contributed by atoms with Gasteiger partial charge in [0.1, 0.15) is 0 Å². The lowest BCUT2D eigenvalue weighted by Gasteiger charge is -2.47. The molecule has 1 unspecified atom stereocenters. The SMILES string of the molecule is CCN1c2ccc(/C=C3\SC(=Nc4ccc(C)cc4C)NC3=O)cc2C(C)CC1(C)C. The van der Waals surface area contributed by atoms with Crippen LogP contribution in [0.3, 0.4) is 0 Å². The molecule has 5 heteroatoms. The maximum absolute atomic E-state index is 12.6. The van der Waals surface area contributed by atoms with Crippen molar-refractivity contribution in [1.82, 2.24) is 5.32 Å². The second kappa shape index (κ2) is 8.19. The number of carbonyl (C=O) groups is 1. The molecule has 162 valence electrons. The lowest BCUT2D eigenvalue weighted by atomic mass is 9.79. The van der Waals surface area contributed by atoms with Crippen molar-refractivity contribution in [1.29, 1.82) is 0 Å². The van der Waals surface area contributed by atoms with Crippen LogP contribution in [0.1, 0.15) is 62.3 Å². The molecular weight excluding hydrogens is 402 g/mol. The number of aliphatic imine (C=N–C) groups is 1. The van der Waals surface area contributed by atoms with Crippen LogP contribution in [-0.2, 0) is 4.79 Å². The van der Waals surface area contributed by atoms with Gasteiger partial charge in [-0.2, -0.15) is 0 Å². The summed E-state index contributed by atoms with van der Waals surface area (Å²) < 4.78 is 0. The van der Waals surface area contributed by atoms with Crippen molar-refractivity contribution in [3.63, 3.8) is 0 Å². The molecule has 2 heterocycles. The van der Waals surface area contributed by atoms with E-state index in [1.165, 1.54) is 28.6 Å². The first-order chi connectivity index (χ1) is 14.7. The van der Waals surface area contributed by atoms with Gasteiger partial charge in [0.15, 0.2) is 5.17 Å². The topological polar surface area (TPSA) is 44.7 Å². The van der Waals surface area contributed by atoms with Gasteiger partial charge in [-0.05, 0) is 99.7 Å². The predicted octanol–water partition coefficient (Wildman–Crippen LogP) is 6.31. The minimum Gasteiger partial charge on any atom is -0.366 e. The zero-order chi connectivity index (χ0) is 22.3. The summed E-state index contributed by atoms with van der Waals surface area (Å²) in [5.74, 6) is 0.397. The third-order valence-corrected chi connectivity index (χ3v) is 7.16. The number of benzene rings is 2. The maximum atomic E-state index is 12.6. The number of hydrogen-bond donors (Lipinski definition) is 1. The van der Waals surface area contributed by atoms with Crippen molar-refractivity contribution < 1.29 is 4.79 Å². The van der Waals surface area contributed by atoms with Gasteiger partial charge >= 0.3 is 0 Å². The average molecular weight is 434 g/mol. The molecule has 0 aliphatic carbocycles. The van der Waals surface area contributed by atoms with Crippen molar-refractivity contribution in [3.05, 3.63) is 63.6 Å². The fourth-order valence-electron chi connectivity index (χ4n) is 4.87. The van der Waals surface area contributed by atoms with Gasteiger partial charge in [0.25, 0.3) is 5.91 Å². The van der Waals surface area contributed by atoms with Crippen molar-refractivity contribution in [2.24, 2.45) is 4.99 Å². The lowest BCUT2D eigenvalue weighted by Crippen LogP contribution is -2.48. The standard InChI is InChI=1S/C26H31N3OS/c1-7-29-22-11-9-19(13-20(22)18(4)15-26(29,5)6)14-23-24(30)28-25(31-23)27-21-10-8-16(2)12-17(21)3/h8-14,18H,7,15H2,1-6H3,(H,27,28,30)/b23-14-. The van der Waals surface area contributed by atoms with Gasteiger partial charge in [-0.3, -0.25) is 4.79 Å². The Morgan fingerprint density at radius 2 is 2.00 bits per heavy atom. The fourth-order valence-corrected chi connectivity index (χ4v) is 5.70. The monoisotopic (exact) mass is 433 g/mol. The van der Waals surface area contributed by atoms with E-state index in [-0.39, 0.29) is 11.4 Å². The Hall–Kier alpha value is -2.53.